The number of non-ortho nitro benzene ring substituents is 1. The lowest BCUT2D eigenvalue weighted by atomic mass is 10.2. The zero-order valence-electron chi connectivity index (χ0n) is 9.75. The quantitative estimate of drug-likeness (QED) is 0.661. The van der Waals surface area contributed by atoms with Gasteiger partial charge >= 0.3 is 0 Å². The number of nitriles is 1. The summed E-state index contributed by atoms with van der Waals surface area (Å²) in [5, 5.41) is 27.9. The summed E-state index contributed by atoms with van der Waals surface area (Å²) in [6.07, 6.45) is 1.24. The van der Waals surface area contributed by atoms with Crippen molar-refractivity contribution in [3.63, 3.8) is 0 Å². The minimum absolute atomic E-state index is 0.0612. The van der Waals surface area contributed by atoms with Crippen LogP contribution in [0.4, 0.5) is 11.5 Å². The van der Waals surface area contributed by atoms with E-state index in [-0.39, 0.29) is 27.7 Å². The average Bonchev–Trinajstić information content (AvgIpc) is 2.86. The highest BCUT2D eigenvalue weighted by atomic mass is 35.5. The van der Waals surface area contributed by atoms with Crippen LogP contribution < -0.4 is 5.32 Å². The third-order valence-corrected chi connectivity index (χ3v) is 2.73. The van der Waals surface area contributed by atoms with E-state index in [0.717, 1.165) is 6.07 Å². The first-order valence-corrected chi connectivity index (χ1v) is 5.59. The largest absolute Gasteiger partial charge is 0.306 e. The minimum atomic E-state index is -0.681. The number of halogens is 1. The van der Waals surface area contributed by atoms with E-state index in [1.54, 1.807) is 0 Å². The number of hydrogen-bond acceptors (Lipinski definition) is 5. The van der Waals surface area contributed by atoms with Crippen molar-refractivity contribution in [1.82, 2.24) is 10.2 Å². The van der Waals surface area contributed by atoms with Gasteiger partial charge in [0, 0.05) is 12.1 Å². The van der Waals surface area contributed by atoms with Gasteiger partial charge in [-0.25, -0.2) is 0 Å². The summed E-state index contributed by atoms with van der Waals surface area (Å²) in [6, 6.07) is 5.33. The third-order valence-electron chi connectivity index (χ3n) is 2.40. The number of H-pyrrole nitrogens is 1. The number of nitrogens with zero attached hydrogens (tertiary/aromatic N) is 3. The second-order valence-electron chi connectivity index (χ2n) is 3.65. The maximum atomic E-state index is 12.0. The monoisotopic (exact) mass is 291 g/mol. The highest BCUT2D eigenvalue weighted by Crippen LogP contribution is 2.23. The number of carbonyl (C=O) groups is 1. The molecule has 9 heteroatoms. The summed E-state index contributed by atoms with van der Waals surface area (Å²) in [5.74, 6) is -0.584. The van der Waals surface area contributed by atoms with Crippen LogP contribution in [-0.2, 0) is 0 Å². The molecule has 1 heterocycles. The summed E-state index contributed by atoms with van der Waals surface area (Å²) in [7, 11) is 0. The summed E-state index contributed by atoms with van der Waals surface area (Å²) in [5.41, 5.74) is -0.191. The second kappa shape index (κ2) is 5.38. The van der Waals surface area contributed by atoms with Crippen LogP contribution in [0.3, 0.4) is 0 Å². The summed E-state index contributed by atoms with van der Waals surface area (Å²) in [4.78, 5) is 22.0. The van der Waals surface area contributed by atoms with Crippen molar-refractivity contribution >= 4 is 29.0 Å². The average molecular weight is 292 g/mol. The number of benzene rings is 1. The van der Waals surface area contributed by atoms with E-state index >= 15 is 0 Å². The second-order valence-corrected chi connectivity index (χ2v) is 4.05. The van der Waals surface area contributed by atoms with E-state index in [0.29, 0.717) is 0 Å². The van der Waals surface area contributed by atoms with Crippen molar-refractivity contribution in [1.29, 1.82) is 5.26 Å². The van der Waals surface area contributed by atoms with Gasteiger partial charge in [-0.15, -0.1) is 0 Å². The van der Waals surface area contributed by atoms with E-state index in [1.807, 2.05) is 6.07 Å². The van der Waals surface area contributed by atoms with Crippen LogP contribution in [0.25, 0.3) is 0 Å². The molecule has 0 unspecified atom stereocenters. The van der Waals surface area contributed by atoms with Crippen molar-refractivity contribution in [3.05, 3.63) is 50.7 Å². The number of rotatable bonds is 3. The maximum Gasteiger partial charge on any atom is 0.270 e. The van der Waals surface area contributed by atoms with E-state index in [1.165, 1.54) is 18.3 Å². The molecule has 2 aromatic rings. The van der Waals surface area contributed by atoms with Crippen LogP contribution in [0.2, 0.25) is 5.02 Å². The zero-order valence-corrected chi connectivity index (χ0v) is 10.5. The van der Waals surface area contributed by atoms with Gasteiger partial charge in [-0.1, -0.05) is 11.6 Å². The van der Waals surface area contributed by atoms with Gasteiger partial charge in [0.2, 0.25) is 0 Å². The molecule has 0 atom stereocenters. The molecule has 0 spiro atoms. The number of nitro groups is 1. The molecule has 0 fully saturated rings. The van der Waals surface area contributed by atoms with E-state index in [9.17, 15) is 14.9 Å². The number of nitrogens with one attached hydrogen (secondary N) is 2. The van der Waals surface area contributed by atoms with Crippen molar-refractivity contribution in [2.75, 3.05) is 5.32 Å². The first-order valence-electron chi connectivity index (χ1n) is 5.21. The number of carbonyl (C=O) groups excluding carboxylic acids is 1. The van der Waals surface area contributed by atoms with Gasteiger partial charge in [0.25, 0.3) is 11.6 Å². The molecule has 20 heavy (non-hydrogen) atoms. The van der Waals surface area contributed by atoms with Crippen molar-refractivity contribution < 1.29 is 9.72 Å². The highest BCUT2D eigenvalue weighted by molar-refractivity contribution is 6.34. The Kier molecular flexibility index (Phi) is 3.63. The van der Waals surface area contributed by atoms with Crippen LogP contribution in [-0.4, -0.2) is 21.0 Å². The molecule has 2 N–H and O–H groups in total. The van der Waals surface area contributed by atoms with Gasteiger partial charge in [0.15, 0.2) is 0 Å². The van der Waals surface area contributed by atoms with E-state index in [2.05, 4.69) is 15.5 Å². The number of amides is 1. The lowest BCUT2D eigenvalue weighted by Crippen LogP contribution is -2.14. The first-order chi connectivity index (χ1) is 9.52. The fourth-order valence-corrected chi connectivity index (χ4v) is 1.65. The predicted molar refractivity (Wildman–Crippen MR) is 69.4 cm³/mol. The molecule has 0 bridgehead atoms. The normalized spacial score (nSPS) is 9.80. The van der Waals surface area contributed by atoms with Crippen LogP contribution in [0.5, 0.6) is 0 Å². The molecule has 8 nitrogen and oxygen atoms in total. The molecule has 1 amide bonds. The SMILES string of the molecule is N#Cc1cn[nH]c1NC(=O)c1cc([N+](=O)[O-])ccc1Cl. The fraction of sp³-hybridized carbons (Fsp3) is 0. The van der Waals surface area contributed by atoms with Crippen molar-refractivity contribution in [3.8, 4) is 6.07 Å². The lowest BCUT2D eigenvalue weighted by Gasteiger charge is -2.05. The Morgan fingerprint density at radius 1 is 1.55 bits per heavy atom. The van der Waals surface area contributed by atoms with Gasteiger partial charge in [-0.2, -0.15) is 10.4 Å². The van der Waals surface area contributed by atoms with Crippen LogP contribution >= 0.6 is 11.6 Å². The first kappa shape index (κ1) is 13.5. The molecule has 1 aromatic heterocycles. The van der Waals surface area contributed by atoms with Gasteiger partial charge < -0.3 is 5.32 Å². The standard InChI is InChI=1S/C11H6ClN5O3/c12-9-2-1-7(17(19)20)3-8(9)11(18)15-10-6(4-13)5-14-16-10/h1-3,5H,(H2,14,15,16,18). The molecule has 0 saturated heterocycles. The van der Waals surface area contributed by atoms with Crippen LogP contribution in [0.1, 0.15) is 15.9 Å². The lowest BCUT2D eigenvalue weighted by molar-refractivity contribution is -0.384. The van der Waals surface area contributed by atoms with Crippen molar-refractivity contribution in [2.24, 2.45) is 0 Å². The topological polar surface area (TPSA) is 125 Å². The molecule has 100 valence electrons. The number of aromatic nitrogens is 2. The zero-order chi connectivity index (χ0) is 14.7. The number of hydrogen-bond donors (Lipinski definition) is 2. The molecule has 0 aliphatic heterocycles. The summed E-state index contributed by atoms with van der Waals surface area (Å²) in [6.45, 7) is 0. The summed E-state index contributed by atoms with van der Waals surface area (Å²) < 4.78 is 0. The predicted octanol–water partition coefficient (Wildman–Crippen LogP) is 2.10. The number of anilines is 1. The van der Waals surface area contributed by atoms with Gasteiger partial charge in [0.1, 0.15) is 17.5 Å². The van der Waals surface area contributed by atoms with Crippen molar-refractivity contribution in [2.45, 2.75) is 0 Å². The molecule has 1 aromatic carbocycles. The van der Waals surface area contributed by atoms with E-state index < -0.39 is 10.8 Å². The molecular weight excluding hydrogens is 286 g/mol. The minimum Gasteiger partial charge on any atom is -0.306 e. The maximum absolute atomic E-state index is 12.0. The Labute approximate surface area is 117 Å². The Morgan fingerprint density at radius 2 is 2.30 bits per heavy atom. The number of aromatic amines is 1. The molecule has 0 aliphatic carbocycles. The molecule has 0 aliphatic rings. The van der Waals surface area contributed by atoms with Crippen LogP contribution in [0.15, 0.2) is 24.4 Å². The Balaban J connectivity index is 2.32. The van der Waals surface area contributed by atoms with Gasteiger partial charge in [0.05, 0.1) is 21.7 Å². The fourth-order valence-electron chi connectivity index (χ4n) is 1.45. The molecule has 2 rings (SSSR count). The Hall–Kier alpha value is -2.92. The number of nitro benzene ring substituents is 1. The molecule has 0 saturated carbocycles. The third kappa shape index (κ3) is 2.57. The Bertz CT molecular complexity index is 734. The van der Waals surface area contributed by atoms with Gasteiger partial charge in [-0.05, 0) is 6.07 Å². The smallest absolute Gasteiger partial charge is 0.270 e. The highest BCUT2D eigenvalue weighted by Gasteiger charge is 2.17. The van der Waals surface area contributed by atoms with Crippen LogP contribution in [0, 0.1) is 21.4 Å². The molecular formula is C11H6ClN5O3. The Morgan fingerprint density at radius 3 is 2.95 bits per heavy atom. The van der Waals surface area contributed by atoms with E-state index in [4.69, 9.17) is 16.9 Å². The van der Waals surface area contributed by atoms with Gasteiger partial charge in [-0.3, -0.25) is 20.0 Å². The summed E-state index contributed by atoms with van der Waals surface area (Å²) >= 11 is 5.84. The molecule has 0 radical (unpaired) electrons.